The third-order valence-electron chi connectivity index (χ3n) is 2.79. The molecule has 0 saturated carbocycles. The van der Waals surface area contributed by atoms with Gasteiger partial charge in [-0.15, -0.1) is 0 Å². The largest absolute Gasteiger partial charge is 0.389 e. The molecule has 2 rings (SSSR count). The topological polar surface area (TPSA) is 29.9 Å². The molecule has 0 saturated heterocycles. The number of hydrogen-bond acceptors (Lipinski definition) is 1. The Labute approximate surface area is 107 Å². The van der Waals surface area contributed by atoms with Crippen molar-refractivity contribution in [3.05, 3.63) is 65.5 Å². The molecule has 1 heterocycles. The highest BCUT2D eigenvalue weighted by molar-refractivity contribution is 7.80. The normalized spacial score (nSPS) is 10.2. The Bertz CT molecular complexity index is 549. The monoisotopic (exact) mass is 243 g/mol. The van der Waals surface area contributed by atoms with E-state index < -0.39 is 0 Å². The van der Waals surface area contributed by atoms with Crippen molar-refractivity contribution in [2.24, 2.45) is 5.73 Å². The van der Waals surface area contributed by atoms with E-state index in [1.807, 2.05) is 30.3 Å². The molecule has 0 atom stereocenters. The van der Waals surface area contributed by atoms with Crippen molar-refractivity contribution in [1.29, 1.82) is 0 Å². The molecule has 3 heteroatoms. The van der Waals surface area contributed by atoms with Gasteiger partial charge in [0.15, 0.2) is 18.4 Å². The molecule has 1 aromatic heterocycles. The van der Waals surface area contributed by atoms with Crippen LogP contribution in [0.3, 0.4) is 0 Å². The van der Waals surface area contributed by atoms with Crippen LogP contribution in [0.25, 0.3) is 0 Å². The summed E-state index contributed by atoms with van der Waals surface area (Å²) in [5.41, 5.74) is 9.05. The maximum Gasteiger partial charge on any atom is 0.178 e. The first-order valence-corrected chi connectivity index (χ1v) is 5.92. The van der Waals surface area contributed by atoms with Crippen LogP contribution in [0, 0.1) is 6.92 Å². The minimum Gasteiger partial charge on any atom is -0.389 e. The number of aromatic nitrogens is 1. The second kappa shape index (κ2) is 5.06. The number of hydrogen-bond donors (Lipinski definition) is 1. The number of pyridine rings is 1. The second-order valence-corrected chi connectivity index (χ2v) is 4.43. The molecule has 0 unspecified atom stereocenters. The van der Waals surface area contributed by atoms with Gasteiger partial charge in [0.1, 0.15) is 4.99 Å². The SMILES string of the molecule is Cc1cccc[n+]1Cc1ccccc1C(N)=S. The molecular formula is C14H15N2S+. The van der Waals surface area contributed by atoms with Gasteiger partial charge in [-0.3, -0.25) is 0 Å². The Kier molecular flexibility index (Phi) is 3.49. The van der Waals surface area contributed by atoms with Crippen LogP contribution in [-0.4, -0.2) is 4.99 Å². The lowest BCUT2D eigenvalue weighted by Gasteiger charge is -2.06. The summed E-state index contributed by atoms with van der Waals surface area (Å²) in [5, 5.41) is 0. The Balaban J connectivity index is 2.37. The number of aryl methyl sites for hydroxylation is 1. The van der Waals surface area contributed by atoms with Gasteiger partial charge in [-0.25, -0.2) is 0 Å². The number of nitrogens with zero attached hydrogens (tertiary/aromatic N) is 1. The standard InChI is InChI=1S/C14H14N2S/c1-11-6-4-5-9-16(11)10-12-7-2-3-8-13(12)14(15)17/h2-9H,10H2,1H3,(H-,15,17)/p+1. The zero-order valence-corrected chi connectivity index (χ0v) is 10.6. The summed E-state index contributed by atoms with van der Waals surface area (Å²) < 4.78 is 2.18. The van der Waals surface area contributed by atoms with Crippen molar-refractivity contribution >= 4 is 17.2 Å². The molecule has 2 nitrogen and oxygen atoms in total. The van der Waals surface area contributed by atoms with Crippen molar-refractivity contribution in [1.82, 2.24) is 0 Å². The molecule has 0 aliphatic carbocycles. The van der Waals surface area contributed by atoms with Crippen molar-refractivity contribution in [2.45, 2.75) is 13.5 Å². The van der Waals surface area contributed by atoms with Gasteiger partial charge in [-0.05, 0) is 0 Å². The lowest BCUT2D eigenvalue weighted by molar-refractivity contribution is -0.694. The minimum absolute atomic E-state index is 0.454. The van der Waals surface area contributed by atoms with Crippen LogP contribution in [0.5, 0.6) is 0 Å². The van der Waals surface area contributed by atoms with Crippen LogP contribution in [-0.2, 0) is 6.54 Å². The van der Waals surface area contributed by atoms with E-state index in [2.05, 4.69) is 29.8 Å². The highest BCUT2D eigenvalue weighted by atomic mass is 32.1. The summed E-state index contributed by atoms with van der Waals surface area (Å²) in [6.07, 6.45) is 2.06. The average molecular weight is 243 g/mol. The molecule has 0 radical (unpaired) electrons. The molecule has 0 spiro atoms. The predicted molar refractivity (Wildman–Crippen MR) is 72.8 cm³/mol. The van der Waals surface area contributed by atoms with Crippen LogP contribution in [0.1, 0.15) is 16.8 Å². The summed E-state index contributed by atoms with van der Waals surface area (Å²) >= 11 is 5.07. The first-order valence-electron chi connectivity index (χ1n) is 5.51. The molecule has 2 aromatic rings. The molecule has 0 bridgehead atoms. The Morgan fingerprint density at radius 2 is 1.88 bits per heavy atom. The quantitative estimate of drug-likeness (QED) is 0.660. The fourth-order valence-corrected chi connectivity index (χ4v) is 2.02. The van der Waals surface area contributed by atoms with E-state index in [0.717, 1.165) is 17.7 Å². The lowest BCUT2D eigenvalue weighted by Crippen LogP contribution is -2.37. The first kappa shape index (κ1) is 11.7. The Hall–Kier alpha value is -1.74. The molecule has 0 amide bonds. The van der Waals surface area contributed by atoms with E-state index in [-0.39, 0.29) is 0 Å². The number of thiocarbonyl (C=S) groups is 1. The van der Waals surface area contributed by atoms with Crippen LogP contribution in [0.4, 0.5) is 0 Å². The molecular weight excluding hydrogens is 228 g/mol. The Morgan fingerprint density at radius 1 is 1.18 bits per heavy atom. The molecule has 0 aliphatic heterocycles. The van der Waals surface area contributed by atoms with E-state index in [1.54, 1.807) is 0 Å². The number of nitrogens with two attached hydrogens (primary N) is 1. The minimum atomic E-state index is 0.454. The fourth-order valence-electron chi connectivity index (χ4n) is 1.82. The van der Waals surface area contributed by atoms with Crippen molar-refractivity contribution in [3.63, 3.8) is 0 Å². The molecule has 1 aromatic carbocycles. The highest BCUT2D eigenvalue weighted by Gasteiger charge is 2.10. The smallest absolute Gasteiger partial charge is 0.178 e. The maximum absolute atomic E-state index is 5.73. The summed E-state index contributed by atoms with van der Waals surface area (Å²) in [4.78, 5) is 0.454. The maximum atomic E-state index is 5.73. The van der Waals surface area contributed by atoms with Gasteiger partial charge in [-0.2, -0.15) is 4.57 Å². The second-order valence-electron chi connectivity index (χ2n) is 3.99. The summed E-state index contributed by atoms with van der Waals surface area (Å²) in [6.45, 7) is 2.88. The van der Waals surface area contributed by atoms with E-state index in [1.165, 1.54) is 5.69 Å². The van der Waals surface area contributed by atoms with Crippen LogP contribution in [0.15, 0.2) is 48.7 Å². The van der Waals surface area contributed by atoms with Gasteiger partial charge in [0.25, 0.3) is 0 Å². The van der Waals surface area contributed by atoms with Gasteiger partial charge in [0, 0.05) is 30.2 Å². The van der Waals surface area contributed by atoms with Crippen molar-refractivity contribution in [3.8, 4) is 0 Å². The van der Waals surface area contributed by atoms with E-state index in [9.17, 15) is 0 Å². The zero-order valence-electron chi connectivity index (χ0n) is 9.76. The number of rotatable bonds is 3. The first-order chi connectivity index (χ1) is 8.18. The van der Waals surface area contributed by atoms with E-state index in [4.69, 9.17) is 18.0 Å². The molecule has 2 N–H and O–H groups in total. The Morgan fingerprint density at radius 3 is 2.59 bits per heavy atom. The van der Waals surface area contributed by atoms with Gasteiger partial charge in [0.2, 0.25) is 0 Å². The van der Waals surface area contributed by atoms with Crippen LogP contribution < -0.4 is 10.3 Å². The van der Waals surface area contributed by atoms with E-state index in [0.29, 0.717) is 4.99 Å². The third kappa shape index (κ3) is 2.68. The third-order valence-corrected chi connectivity index (χ3v) is 3.01. The zero-order chi connectivity index (χ0) is 12.3. The molecule has 86 valence electrons. The van der Waals surface area contributed by atoms with Crippen LogP contribution in [0.2, 0.25) is 0 Å². The van der Waals surface area contributed by atoms with Gasteiger partial charge >= 0.3 is 0 Å². The van der Waals surface area contributed by atoms with Gasteiger partial charge in [0.05, 0.1) is 0 Å². The molecule has 0 fully saturated rings. The lowest BCUT2D eigenvalue weighted by atomic mass is 10.1. The van der Waals surface area contributed by atoms with Gasteiger partial charge in [-0.1, -0.05) is 42.5 Å². The average Bonchev–Trinajstić information content (AvgIpc) is 2.32. The predicted octanol–water partition coefficient (Wildman–Crippen LogP) is 1.97. The van der Waals surface area contributed by atoms with Crippen molar-refractivity contribution < 1.29 is 4.57 Å². The van der Waals surface area contributed by atoms with Crippen molar-refractivity contribution in [2.75, 3.05) is 0 Å². The summed E-state index contributed by atoms with van der Waals surface area (Å²) in [7, 11) is 0. The number of benzene rings is 1. The highest BCUT2D eigenvalue weighted by Crippen LogP contribution is 2.08. The van der Waals surface area contributed by atoms with Crippen LogP contribution >= 0.6 is 12.2 Å². The molecule has 17 heavy (non-hydrogen) atoms. The fraction of sp³-hybridized carbons (Fsp3) is 0.143. The summed E-state index contributed by atoms with van der Waals surface area (Å²) in [5.74, 6) is 0. The molecule has 0 aliphatic rings. The van der Waals surface area contributed by atoms with Gasteiger partial charge < -0.3 is 5.73 Å². The summed E-state index contributed by atoms with van der Waals surface area (Å²) in [6, 6.07) is 14.1. The van der Waals surface area contributed by atoms with E-state index >= 15 is 0 Å².